The first kappa shape index (κ1) is 23.2. The maximum atomic E-state index is 13.0. The zero-order chi connectivity index (χ0) is 23.9. The van der Waals surface area contributed by atoms with Gasteiger partial charge in [0.1, 0.15) is 6.04 Å². The van der Waals surface area contributed by atoms with Crippen LogP contribution in [0.5, 0.6) is 0 Å². The summed E-state index contributed by atoms with van der Waals surface area (Å²) in [4.78, 5) is 42.4. The van der Waals surface area contributed by atoms with Crippen LogP contribution in [0.3, 0.4) is 0 Å². The highest BCUT2D eigenvalue weighted by Crippen LogP contribution is 2.16. The molecule has 2 amide bonds. The van der Waals surface area contributed by atoms with Gasteiger partial charge in [0.05, 0.1) is 6.61 Å². The largest absolute Gasteiger partial charge is 0.394 e. The molecule has 1 saturated heterocycles. The van der Waals surface area contributed by atoms with Crippen molar-refractivity contribution in [3.8, 4) is 0 Å². The molecule has 3 aromatic carbocycles. The number of carbonyl (C=O) groups is 3. The lowest BCUT2D eigenvalue weighted by atomic mass is 10.0. The summed E-state index contributed by atoms with van der Waals surface area (Å²) in [6, 6.07) is 24.1. The fourth-order valence-electron chi connectivity index (χ4n) is 4.03. The van der Waals surface area contributed by atoms with Crippen molar-refractivity contribution in [2.24, 2.45) is 0 Å². The Morgan fingerprint density at radius 2 is 1.35 bits per heavy atom. The van der Waals surface area contributed by atoms with E-state index in [1.54, 1.807) is 47.4 Å². The molecule has 0 aliphatic carbocycles. The number of anilines is 1. The molecular formula is C27H27N3O4. The summed E-state index contributed by atoms with van der Waals surface area (Å²) in [5.74, 6) is -1.03. The van der Waals surface area contributed by atoms with Gasteiger partial charge >= 0.3 is 0 Å². The van der Waals surface area contributed by atoms with Gasteiger partial charge in [-0.15, -0.1) is 0 Å². The molecule has 0 bridgehead atoms. The summed E-state index contributed by atoms with van der Waals surface area (Å²) < 4.78 is 0. The highest BCUT2D eigenvalue weighted by atomic mass is 16.3. The molecule has 0 spiro atoms. The molecule has 1 fully saturated rings. The highest BCUT2D eigenvalue weighted by Gasteiger charge is 2.28. The minimum Gasteiger partial charge on any atom is -0.394 e. The molecule has 4 rings (SSSR count). The number of rotatable bonds is 7. The van der Waals surface area contributed by atoms with Gasteiger partial charge in [0.25, 0.3) is 5.91 Å². The van der Waals surface area contributed by atoms with Gasteiger partial charge in [-0.1, -0.05) is 60.7 Å². The molecule has 3 aromatic rings. The van der Waals surface area contributed by atoms with E-state index in [4.69, 9.17) is 0 Å². The predicted octanol–water partition coefficient (Wildman–Crippen LogP) is 2.36. The Labute approximate surface area is 198 Å². The smallest absolute Gasteiger partial charge is 0.252 e. The maximum Gasteiger partial charge on any atom is 0.252 e. The van der Waals surface area contributed by atoms with Crippen molar-refractivity contribution in [3.63, 3.8) is 0 Å². The van der Waals surface area contributed by atoms with E-state index in [0.29, 0.717) is 37.3 Å². The van der Waals surface area contributed by atoms with Crippen molar-refractivity contribution < 1.29 is 19.5 Å². The van der Waals surface area contributed by atoms with E-state index < -0.39 is 18.6 Å². The highest BCUT2D eigenvalue weighted by molar-refractivity contribution is 6.10. The maximum absolute atomic E-state index is 13.0. The minimum absolute atomic E-state index is 0.193. The molecule has 1 aliphatic rings. The molecule has 0 radical (unpaired) electrons. The van der Waals surface area contributed by atoms with Crippen LogP contribution >= 0.6 is 0 Å². The third-order valence-electron chi connectivity index (χ3n) is 5.92. The van der Waals surface area contributed by atoms with Crippen molar-refractivity contribution in [2.45, 2.75) is 6.04 Å². The molecule has 174 valence electrons. The number of aliphatic hydroxyl groups excluding tert-OH is 1. The molecule has 1 unspecified atom stereocenters. The van der Waals surface area contributed by atoms with Crippen LogP contribution < -0.4 is 10.2 Å². The average molecular weight is 458 g/mol. The van der Waals surface area contributed by atoms with Gasteiger partial charge in [-0.05, 0) is 24.3 Å². The Hall–Kier alpha value is -3.97. The van der Waals surface area contributed by atoms with Crippen molar-refractivity contribution >= 4 is 23.3 Å². The van der Waals surface area contributed by atoms with Crippen molar-refractivity contribution in [1.82, 2.24) is 10.2 Å². The molecule has 34 heavy (non-hydrogen) atoms. The Balaban J connectivity index is 1.38. The van der Waals surface area contributed by atoms with Crippen LogP contribution in [-0.4, -0.2) is 66.4 Å². The van der Waals surface area contributed by atoms with Crippen LogP contribution in [0.2, 0.25) is 0 Å². The van der Waals surface area contributed by atoms with Gasteiger partial charge < -0.3 is 20.2 Å². The minimum atomic E-state index is -1.05. The van der Waals surface area contributed by atoms with E-state index in [2.05, 4.69) is 10.2 Å². The normalized spacial score (nSPS) is 14.4. The summed E-state index contributed by atoms with van der Waals surface area (Å²) in [5, 5.41) is 12.4. The third-order valence-corrected chi connectivity index (χ3v) is 5.92. The van der Waals surface area contributed by atoms with Gasteiger partial charge in [-0.25, -0.2) is 0 Å². The number of hydrogen-bond acceptors (Lipinski definition) is 5. The number of amides is 2. The SMILES string of the molecule is O=C(NC(CO)C(=O)N1CCN(c2ccccc2)CC1)c1cccc(C(=O)c2ccccc2)c1. The zero-order valence-corrected chi connectivity index (χ0v) is 18.8. The second-order valence-electron chi connectivity index (χ2n) is 8.13. The Bertz CT molecular complexity index is 1140. The Kier molecular flexibility index (Phi) is 7.34. The van der Waals surface area contributed by atoms with Gasteiger partial charge in [0, 0.05) is 48.6 Å². The van der Waals surface area contributed by atoms with Crippen molar-refractivity contribution in [2.75, 3.05) is 37.7 Å². The molecule has 2 N–H and O–H groups in total. The summed E-state index contributed by atoms with van der Waals surface area (Å²) in [7, 11) is 0. The van der Waals surface area contributed by atoms with E-state index in [1.165, 1.54) is 6.07 Å². The third kappa shape index (κ3) is 5.32. The summed E-state index contributed by atoms with van der Waals surface area (Å²) >= 11 is 0. The molecule has 1 aliphatic heterocycles. The quantitative estimate of drug-likeness (QED) is 0.532. The van der Waals surface area contributed by atoms with Crippen molar-refractivity contribution in [3.05, 3.63) is 102 Å². The molecule has 0 aromatic heterocycles. The molecule has 7 nitrogen and oxygen atoms in total. The van der Waals surface area contributed by atoms with Gasteiger partial charge in [-0.3, -0.25) is 14.4 Å². The summed E-state index contributed by atoms with van der Waals surface area (Å²) in [6.07, 6.45) is 0. The Morgan fingerprint density at radius 1 is 0.765 bits per heavy atom. The van der Waals surface area contributed by atoms with Gasteiger partial charge in [0.2, 0.25) is 5.91 Å². The average Bonchev–Trinajstić information content (AvgIpc) is 2.92. The van der Waals surface area contributed by atoms with E-state index in [0.717, 1.165) is 5.69 Å². The second kappa shape index (κ2) is 10.8. The lowest BCUT2D eigenvalue weighted by molar-refractivity contribution is -0.134. The monoisotopic (exact) mass is 457 g/mol. The fraction of sp³-hybridized carbons (Fsp3) is 0.222. The number of nitrogens with zero attached hydrogens (tertiary/aromatic N) is 2. The molecular weight excluding hydrogens is 430 g/mol. The number of piperazine rings is 1. The number of aliphatic hydroxyl groups is 1. The van der Waals surface area contributed by atoms with Gasteiger partial charge in [-0.2, -0.15) is 0 Å². The number of nitrogens with one attached hydrogen (secondary N) is 1. The molecule has 1 heterocycles. The van der Waals surface area contributed by atoms with Crippen LogP contribution in [0.1, 0.15) is 26.3 Å². The predicted molar refractivity (Wildman–Crippen MR) is 130 cm³/mol. The number of carbonyl (C=O) groups excluding carboxylic acids is 3. The fourth-order valence-corrected chi connectivity index (χ4v) is 4.03. The lowest BCUT2D eigenvalue weighted by Crippen LogP contribution is -2.56. The summed E-state index contributed by atoms with van der Waals surface area (Å²) in [6.45, 7) is 1.84. The van der Waals surface area contributed by atoms with E-state index >= 15 is 0 Å². The summed E-state index contributed by atoms with van der Waals surface area (Å²) in [5.41, 5.74) is 2.26. The van der Waals surface area contributed by atoms with Crippen LogP contribution in [0, 0.1) is 0 Å². The van der Waals surface area contributed by atoms with E-state index in [9.17, 15) is 19.5 Å². The number of benzene rings is 3. The number of hydrogen-bond donors (Lipinski definition) is 2. The molecule has 7 heteroatoms. The number of ketones is 1. The zero-order valence-electron chi connectivity index (χ0n) is 18.8. The topological polar surface area (TPSA) is 89.9 Å². The van der Waals surface area contributed by atoms with E-state index in [-0.39, 0.29) is 17.3 Å². The van der Waals surface area contributed by atoms with Gasteiger partial charge in [0.15, 0.2) is 5.78 Å². The first-order valence-electron chi connectivity index (χ1n) is 11.3. The first-order valence-corrected chi connectivity index (χ1v) is 11.3. The number of para-hydroxylation sites is 1. The molecule has 0 saturated carbocycles. The first-order chi connectivity index (χ1) is 16.6. The second-order valence-corrected chi connectivity index (χ2v) is 8.13. The van der Waals surface area contributed by atoms with Crippen LogP contribution in [-0.2, 0) is 4.79 Å². The lowest BCUT2D eigenvalue weighted by Gasteiger charge is -2.37. The standard InChI is InChI=1S/C27H27N3O4/c31-19-24(27(34)30-16-14-29(15-17-30)23-12-5-2-6-13-23)28-26(33)22-11-7-10-21(18-22)25(32)20-8-3-1-4-9-20/h1-13,18,24,31H,14-17,19H2,(H,28,33). The van der Waals surface area contributed by atoms with Crippen LogP contribution in [0.25, 0.3) is 0 Å². The van der Waals surface area contributed by atoms with Crippen LogP contribution in [0.15, 0.2) is 84.9 Å². The molecule has 1 atom stereocenters. The van der Waals surface area contributed by atoms with E-state index in [1.807, 2.05) is 36.4 Å². The Morgan fingerprint density at radius 3 is 2.00 bits per heavy atom. The van der Waals surface area contributed by atoms with Crippen molar-refractivity contribution in [1.29, 1.82) is 0 Å². The van der Waals surface area contributed by atoms with Crippen LogP contribution in [0.4, 0.5) is 5.69 Å².